The number of anilines is 1. The Morgan fingerprint density at radius 3 is 2.50 bits per heavy atom. The molecule has 0 aromatic carbocycles. The molecule has 0 spiro atoms. The highest BCUT2D eigenvalue weighted by atomic mass is 19.4. The van der Waals surface area contributed by atoms with Gasteiger partial charge in [-0.2, -0.15) is 13.2 Å². The van der Waals surface area contributed by atoms with E-state index in [9.17, 15) is 27.5 Å². The normalized spacial score (nSPS) is 20.6. The van der Waals surface area contributed by atoms with Crippen molar-refractivity contribution in [1.82, 2.24) is 15.0 Å². The molecule has 2 N–H and O–H groups in total. The summed E-state index contributed by atoms with van der Waals surface area (Å²) >= 11 is 0. The highest BCUT2D eigenvalue weighted by Crippen LogP contribution is 2.42. The zero-order valence-corrected chi connectivity index (χ0v) is 15.6. The van der Waals surface area contributed by atoms with Gasteiger partial charge < -0.3 is 10.4 Å². The van der Waals surface area contributed by atoms with E-state index >= 15 is 0 Å². The number of nitrogens with one attached hydrogen (secondary N) is 1. The Hall–Kier alpha value is -3.14. The zero-order chi connectivity index (χ0) is 21.7. The first kappa shape index (κ1) is 20.1. The predicted molar refractivity (Wildman–Crippen MR) is 100 cm³/mol. The van der Waals surface area contributed by atoms with Gasteiger partial charge in [0, 0.05) is 46.7 Å². The molecule has 1 saturated carbocycles. The Bertz CT molecular complexity index is 1130. The number of nitrogens with zero attached hydrogens (tertiary/aromatic N) is 3. The maximum atomic E-state index is 13.3. The Kier molecular flexibility index (Phi) is 4.69. The number of halogens is 4. The molecule has 0 bridgehead atoms. The molecule has 3 aromatic heterocycles. The van der Waals surface area contributed by atoms with Crippen LogP contribution in [0.25, 0.3) is 22.0 Å². The van der Waals surface area contributed by atoms with E-state index in [0.29, 0.717) is 17.7 Å². The summed E-state index contributed by atoms with van der Waals surface area (Å²) in [6, 6.07) is 4.15. The molecule has 0 unspecified atom stereocenters. The van der Waals surface area contributed by atoms with Gasteiger partial charge in [0.05, 0.1) is 11.6 Å². The van der Waals surface area contributed by atoms with Gasteiger partial charge in [-0.3, -0.25) is 14.8 Å². The SMILES string of the molecule is C[C@@](O)(c1ccncc1-c1cc2cnc(NC(=O)[C@@H]3C[C@@H]3F)cc2cn1)C(F)(F)F. The largest absolute Gasteiger partial charge is 0.421 e. The van der Waals surface area contributed by atoms with Crippen LogP contribution in [0.4, 0.5) is 23.4 Å². The maximum Gasteiger partial charge on any atom is 0.421 e. The first-order valence-corrected chi connectivity index (χ1v) is 9.02. The number of carbonyl (C=O) groups is 1. The number of aromatic nitrogens is 3. The van der Waals surface area contributed by atoms with Gasteiger partial charge in [-0.05, 0) is 31.5 Å². The lowest BCUT2D eigenvalue weighted by Gasteiger charge is -2.28. The van der Waals surface area contributed by atoms with E-state index in [4.69, 9.17) is 0 Å². The molecule has 3 heterocycles. The van der Waals surface area contributed by atoms with Crippen LogP contribution in [0.2, 0.25) is 0 Å². The molecule has 0 radical (unpaired) electrons. The number of rotatable bonds is 4. The summed E-state index contributed by atoms with van der Waals surface area (Å²) in [7, 11) is 0. The first-order valence-electron chi connectivity index (χ1n) is 9.02. The molecule has 1 fully saturated rings. The predicted octanol–water partition coefficient (Wildman–Crippen LogP) is 3.76. The van der Waals surface area contributed by atoms with Gasteiger partial charge >= 0.3 is 6.18 Å². The van der Waals surface area contributed by atoms with Crippen LogP contribution in [0.3, 0.4) is 0 Å². The van der Waals surface area contributed by atoms with Gasteiger partial charge in [0.1, 0.15) is 12.0 Å². The van der Waals surface area contributed by atoms with E-state index < -0.39 is 29.8 Å². The number of aliphatic hydroxyl groups is 1. The molecule has 0 aliphatic heterocycles. The summed E-state index contributed by atoms with van der Waals surface area (Å²) in [4.78, 5) is 24.0. The van der Waals surface area contributed by atoms with Crippen molar-refractivity contribution in [2.75, 3.05) is 5.32 Å². The minimum absolute atomic E-state index is 0.0295. The van der Waals surface area contributed by atoms with Gasteiger partial charge in [0.15, 0.2) is 5.60 Å². The lowest BCUT2D eigenvalue weighted by atomic mass is 9.90. The fraction of sp³-hybridized carbons (Fsp3) is 0.300. The van der Waals surface area contributed by atoms with Gasteiger partial charge in [-0.25, -0.2) is 9.37 Å². The molecule has 10 heteroatoms. The molecular formula is C20H16F4N4O2. The quantitative estimate of drug-likeness (QED) is 0.628. The number of alkyl halides is 4. The smallest absolute Gasteiger partial charge is 0.376 e. The van der Waals surface area contributed by atoms with E-state index in [-0.39, 0.29) is 29.1 Å². The highest BCUT2D eigenvalue weighted by Gasteiger charge is 2.52. The summed E-state index contributed by atoms with van der Waals surface area (Å²) < 4.78 is 53.0. The third-order valence-corrected chi connectivity index (χ3v) is 5.08. The fourth-order valence-electron chi connectivity index (χ4n) is 3.08. The van der Waals surface area contributed by atoms with E-state index in [1.807, 2.05) is 0 Å². The van der Waals surface area contributed by atoms with Crippen molar-refractivity contribution in [3.05, 3.63) is 48.5 Å². The standard InChI is InChI=1S/C20H16F4N4O2/c1-19(30,20(22,23)24)14-2-3-25-9-13(14)16-4-10-8-27-17(5-11(10)7-26-16)28-18(29)12-6-15(12)21/h2-5,7-9,12,15,30H,6H2,1H3,(H,27,28,29)/t12-,15+,19-/m1/s1. The average Bonchev–Trinajstić information content (AvgIpc) is 3.43. The van der Waals surface area contributed by atoms with Crippen LogP contribution in [-0.2, 0) is 10.4 Å². The molecule has 3 atom stereocenters. The van der Waals surface area contributed by atoms with Crippen LogP contribution in [0.1, 0.15) is 18.9 Å². The molecule has 0 saturated heterocycles. The monoisotopic (exact) mass is 420 g/mol. The van der Waals surface area contributed by atoms with E-state index in [0.717, 1.165) is 6.07 Å². The third kappa shape index (κ3) is 3.58. The topological polar surface area (TPSA) is 88.0 Å². The van der Waals surface area contributed by atoms with Crippen molar-refractivity contribution in [2.45, 2.75) is 31.3 Å². The number of pyridine rings is 3. The second kappa shape index (κ2) is 6.98. The molecule has 1 aliphatic carbocycles. The Balaban J connectivity index is 1.68. The van der Waals surface area contributed by atoms with Crippen molar-refractivity contribution < 1.29 is 27.5 Å². The number of amides is 1. The summed E-state index contributed by atoms with van der Waals surface area (Å²) in [6.07, 6.45) is -0.622. The molecule has 4 rings (SSSR count). The number of hydrogen-bond donors (Lipinski definition) is 2. The van der Waals surface area contributed by atoms with E-state index in [2.05, 4.69) is 20.3 Å². The van der Waals surface area contributed by atoms with Crippen LogP contribution < -0.4 is 5.32 Å². The summed E-state index contributed by atoms with van der Waals surface area (Å²) in [5.74, 6) is -0.884. The second-order valence-electron chi connectivity index (χ2n) is 7.32. The summed E-state index contributed by atoms with van der Waals surface area (Å²) in [5, 5.41) is 13.8. The number of carbonyl (C=O) groups excluding carboxylic acids is 1. The molecule has 1 aliphatic rings. The Labute approximate surface area is 168 Å². The van der Waals surface area contributed by atoms with Crippen LogP contribution in [0.5, 0.6) is 0 Å². The summed E-state index contributed by atoms with van der Waals surface area (Å²) in [6.45, 7) is 0.672. The lowest BCUT2D eigenvalue weighted by Crippen LogP contribution is -2.39. The molecule has 3 aromatic rings. The highest BCUT2D eigenvalue weighted by molar-refractivity contribution is 5.96. The van der Waals surface area contributed by atoms with E-state index in [1.54, 1.807) is 0 Å². The number of fused-ring (bicyclic) bond motifs is 1. The minimum Gasteiger partial charge on any atom is -0.376 e. The fourth-order valence-corrected chi connectivity index (χ4v) is 3.08. The molecule has 6 nitrogen and oxygen atoms in total. The van der Waals surface area contributed by atoms with Crippen molar-refractivity contribution in [3.63, 3.8) is 0 Å². The summed E-state index contributed by atoms with van der Waals surface area (Å²) in [5.41, 5.74) is -3.27. The van der Waals surface area contributed by atoms with E-state index in [1.165, 1.54) is 36.9 Å². The van der Waals surface area contributed by atoms with Crippen molar-refractivity contribution in [2.24, 2.45) is 5.92 Å². The van der Waals surface area contributed by atoms with Crippen LogP contribution in [0, 0.1) is 5.92 Å². The Morgan fingerprint density at radius 1 is 1.17 bits per heavy atom. The second-order valence-corrected chi connectivity index (χ2v) is 7.32. The van der Waals surface area contributed by atoms with Gasteiger partial charge in [-0.15, -0.1) is 0 Å². The van der Waals surface area contributed by atoms with Crippen molar-refractivity contribution in [1.29, 1.82) is 0 Å². The number of hydrogen-bond acceptors (Lipinski definition) is 5. The lowest BCUT2D eigenvalue weighted by molar-refractivity contribution is -0.258. The maximum absolute atomic E-state index is 13.3. The third-order valence-electron chi connectivity index (χ3n) is 5.08. The Morgan fingerprint density at radius 2 is 1.83 bits per heavy atom. The van der Waals surface area contributed by atoms with Crippen LogP contribution in [0.15, 0.2) is 43.0 Å². The van der Waals surface area contributed by atoms with Crippen molar-refractivity contribution >= 4 is 22.5 Å². The molecule has 30 heavy (non-hydrogen) atoms. The van der Waals surface area contributed by atoms with Crippen LogP contribution in [-0.4, -0.2) is 38.3 Å². The minimum atomic E-state index is -4.89. The van der Waals surface area contributed by atoms with Gasteiger partial charge in [0.2, 0.25) is 5.91 Å². The molecule has 1 amide bonds. The van der Waals surface area contributed by atoms with Gasteiger partial charge in [-0.1, -0.05) is 0 Å². The van der Waals surface area contributed by atoms with Crippen molar-refractivity contribution in [3.8, 4) is 11.3 Å². The average molecular weight is 420 g/mol. The zero-order valence-electron chi connectivity index (χ0n) is 15.6. The molecule has 156 valence electrons. The first-order chi connectivity index (χ1) is 14.1. The van der Waals surface area contributed by atoms with Gasteiger partial charge in [0.25, 0.3) is 0 Å². The molecular weight excluding hydrogens is 404 g/mol. The van der Waals surface area contributed by atoms with Crippen LogP contribution >= 0.6 is 0 Å².